The first-order valence-corrected chi connectivity index (χ1v) is 8.27. The van der Waals surface area contributed by atoms with Crippen LogP contribution in [0, 0.1) is 11.3 Å². The Hall–Kier alpha value is -2.84. The van der Waals surface area contributed by atoms with Crippen molar-refractivity contribution in [2.75, 3.05) is 0 Å². The Labute approximate surface area is 146 Å². The zero-order chi connectivity index (χ0) is 17.7. The molecule has 0 heterocycles. The van der Waals surface area contributed by atoms with E-state index in [0.29, 0.717) is 30.8 Å². The number of amides is 1. The number of carbonyl (C=O) groups is 1. The van der Waals surface area contributed by atoms with Crippen LogP contribution < -0.4 is 10.1 Å². The quantitative estimate of drug-likeness (QED) is 0.814. The average molecular weight is 336 g/mol. The van der Waals surface area contributed by atoms with Crippen LogP contribution >= 0.6 is 0 Å². The first kappa shape index (κ1) is 17.0. The highest BCUT2D eigenvalue weighted by molar-refractivity contribution is 5.78. The van der Waals surface area contributed by atoms with Crippen LogP contribution in [0.25, 0.3) is 0 Å². The summed E-state index contributed by atoms with van der Waals surface area (Å²) in [6.07, 6.45) is 0.392. The van der Waals surface area contributed by atoms with Gasteiger partial charge in [-0.05, 0) is 36.1 Å². The highest BCUT2D eigenvalue weighted by atomic mass is 16.5. The minimum Gasteiger partial charge on any atom is -0.489 e. The van der Waals surface area contributed by atoms with Gasteiger partial charge in [-0.1, -0.05) is 42.5 Å². The standard InChI is InChI=1S/C20H20N2O3/c21-14-20(10-11-20)22-19(24)12-18(23)16-6-8-17(9-7-16)25-13-15-4-2-1-3-5-15/h1-9,18,23H,10-13H2,(H,22,24). The summed E-state index contributed by atoms with van der Waals surface area (Å²) in [6, 6.07) is 19.0. The van der Waals surface area contributed by atoms with Gasteiger partial charge in [-0.2, -0.15) is 5.26 Å². The number of rotatable bonds is 7. The predicted molar refractivity (Wildman–Crippen MR) is 92.5 cm³/mol. The molecule has 128 valence electrons. The summed E-state index contributed by atoms with van der Waals surface area (Å²) in [5.41, 5.74) is 1.02. The third-order valence-corrected chi connectivity index (χ3v) is 4.23. The molecular formula is C20H20N2O3. The van der Waals surface area contributed by atoms with Crippen LogP contribution in [-0.2, 0) is 11.4 Å². The lowest BCUT2D eigenvalue weighted by molar-refractivity contribution is -0.123. The summed E-state index contributed by atoms with van der Waals surface area (Å²) in [5.74, 6) is 0.390. The van der Waals surface area contributed by atoms with Crippen LogP contribution in [0.4, 0.5) is 0 Å². The molecule has 1 aliphatic rings. The molecule has 2 N–H and O–H groups in total. The largest absolute Gasteiger partial charge is 0.489 e. The number of nitrogens with zero attached hydrogens (tertiary/aromatic N) is 1. The Bertz CT molecular complexity index is 762. The fourth-order valence-corrected chi connectivity index (χ4v) is 2.53. The molecule has 5 heteroatoms. The lowest BCUT2D eigenvalue weighted by Gasteiger charge is -2.14. The number of aliphatic hydroxyl groups is 1. The van der Waals surface area contributed by atoms with Crippen molar-refractivity contribution < 1.29 is 14.6 Å². The Morgan fingerprint density at radius 2 is 1.88 bits per heavy atom. The van der Waals surface area contributed by atoms with Gasteiger partial charge in [0.1, 0.15) is 17.9 Å². The molecule has 0 spiro atoms. The molecule has 0 aromatic heterocycles. The Balaban J connectivity index is 1.51. The van der Waals surface area contributed by atoms with Crippen LogP contribution in [0.5, 0.6) is 5.75 Å². The number of hydrogen-bond donors (Lipinski definition) is 2. The summed E-state index contributed by atoms with van der Waals surface area (Å²) < 4.78 is 5.70. The molecule has 2 aromatic carbocycles. The summed E-state index contributed by atoms with van der Waals surface area (Å²) >= 11 is 0. The molecule has 1 unspecified atom stereocenters. The van der Waals surface area contributed by atoms with Crippen LogP contribution in [0.2, 0.25) is 0 Å². The molecule has 0 radical (unpaired) electrons. The summed E-state index contributed by atoms with van der Waals surface area (Å²) in [7, 11) is 0. The Kier molecular flexibility index (Phi) is 5.01. The number of hydrogen-bond acceptors (Lipinski definition) is 4. The van der Waals surface area contributed by atoms with Crippen molar-refractivity contribution in [1.82, 2.24) is 5.32 Å². The van der Waals surface area contributed by atoms with E-state index in [1.165, 1.54) is 0 Å². The van der Waals surface area contributed by atoms with Gasteiger partial charge in [0.15, 0.2) is 0 Å². The minimum atomic E-state index is -0.905. The van der Waals surface area contributed by atoms with Crippen molar-refractivity contribution in [2.24, 2.45) is 0 Å². The molecule has 1 aliphatic carbocycles. The summed E-state index contributed by atoms with van der Waals surface area (Å²) in [4.78, 5) is 11.9. The van der Waals surface area contributed by atoms with Crippen molar-refractivity contribution in [3.63, 3.8) is 0 Å². The second-order valence-electron chi connectivity index (χ2n) is 6.31. The molecule has 1 atom stereocenters. The molecule has 0 aliphatic heterocycles. The highest BCUT2D eigenvalue weighted by Gasteiger charge is 2.44. The summed E-state index contributed by atoms with van der Waals surface area (Å²) in [5, 5.41) is 21.9. The second kappa shape index (κ2) is 7.37. The monoisotopic (exact) mass is 336 g/mol. The van der Waals surface area contributed by atoms with Gasteiger partial charge in [0.05, 0.1) is 18.6 Å². The third kappa shape index (κ3) is 4.59. The van der Waals surface area contributed by atoms with Crippen molar-refractivity contribution in [3.05, 3.63) is 65.7 Å². The van der Waals surface area contributed by atoms with E-state index in [-0.39, 0.29) is 12.3 Å². The fourth-order valence-electron chi connectivity index (χ4n) is 2.53. The topological polar surface area (TPSA) is 82.4 Å². The zero-order valence-corrected chi connectivity index (χ0v) is 13.8. The SMILES string of the molecule is N#CC1(NC(=O)CC(O)c2ccc(OCc3ccccc3)cc2)CC1. The lowest BCUT2D eigenvalue weighted by Crippen LogP contribution is -2.36. The van der Waals surface area contributed by atoms with Crippen LogP contribution in [0.1, 0.15) is 36.5 Å². The van der Waals surface area contributed by atoms with Crippen molar-refractivity contribution in [1.29, 1.82) is 5.26 Å². The van der Waals surface area contributed by atoms with Gasteiger partial charge in [0, 0.05) is 0 Å². The number of carbonyl (C=O) groups excluding carboxylic acids is 1. The molecule has 5 nitrogen and oxygen atoms in total. The van der Waals surface area contributed by atoms with Crippen LogP contribution in [0.3, 0.4) is 0 Å². The van der Waals surface area contributed by atoms with E-state index in [1.807, 2.05) is 30.3 Å². The number of aliphatic hydroxyl groups excluding tert-OH is 1. The maximum atomic E-state index is 11.9. The molecule has 3 rings (SSSR count). The fraction of sp³-hybridized carbons (Fsp3) is 0.300. The molecule has 1 saturated carbocycles. The molecule has 1 fully saturated rings. The number of ether oxygens (including phenoxy) is 1. The van der Waals surface area contributed by atoms with Gasteiger partial charge in [0.25, 0.3) is 0 Å². The first-order valence-electron chi connectivity index (χ1n) is 8.27. The first-order chi connectivity index (χ1) is 12.1. The van der Waals surface area contributed by atoms with Crippen molar-refractivity contribution in [2.45, 2.75) is 37.5 Å². The van der Waals surface area contributed by atoms with Gasteiger partial charge < -0.3 is 15.2 Å². The van der Waals surface area contributed by atoms with Crippen molar-refractivity contribution in [3.8, 4) is 11.8 Å². The third-order valence-electron chi connectivity index (χ3n) is 4.23. The maximum absolute atomic E-state index is 11.9. The molecule has 0 saturated heterocycles. The van der Waals surface area contributed by atoms with E-state index in [4.69, 9.17) is 10.00 Å². The average Bonchev–Trinajstić information content (AvgIpc) is 3.41. The van der Waals surface area contributed by atoms with Gasteiger partial charge in [-0.3, -0.25) is 4.79 Å². The van der Waals surface area contributed by atoms with E-state index in [9.17, 15) is 9.90 Å². The molecule has 0 bridgehead atoms. The number of nitriles is 1. The molecule has 25 heavy (non-hydrogen) atoms. The van der Waals surface area contributed by atoms with Crippen LogP contribution in [0.15, 0.2) is 54.6 Å². The highest BCUT2D eigenvalue weighted by Crippen LogP contribution is 2.34. The van der Waals surface area contributed by atoms with Gasteiger partial charge in [-0.15, -0.1) is 0 Å². The zero-order valence-electron chi connectivity index (χ0n) is 13.8. The van der Waals surface area contributed by atoms with Crippen LogP contribution in [-0.4, -0.2) is 16.6 Å². The van der Waals surface area contributed by atoms with E-state index < -0.39 is 11.6 Å². The van der Waals surface area contributed by atoms with E-state index >= 15 is 0 Å². The second-order valence-corrected chi connectivity index (χ2v) is 6.31. The Morgan fingerprint density at radius 1 is 1.20 bits per heavy atom. The van der Waals surface area contributed by atoms with Gasteiger partial charge in [-0.25, -0.2) is 0 Å². The van der Waals surface area contributed by atoms with Gasteiger partial charge >= 0.3 is 0 Å². The van der Waals surface area contributed by atoms with E-state index in [0.717, 1.165) is 5.56 Å². The summed E-state index contributed by atoms with van der Waals surface area (Å²) in [6.45, 7) is 0.474. The van der Waals surface area contributed by atoms with E-state index in [2.05, 4.69) is 11.4 Å². The lowest BCUT2D eigenvalue weighted by atomic mass is 10.1. The maximum Gasteiger partial charge on any atom is 0.224 e. The normalized spacial score (nSPS) is 15.7. The van der Waals surface area contributed by atoms with Gasteiger partial charge in [0.2, 0.25) is 5.91 Å². The molecule has 2 aromatic rings. The Morgan fingerprint density at radius 3 is 2.48 bits per heavy atom. The minimum absolute atomic E-state index is 0.0619. The van der Waals surface area contributed by atoms with E-state index in [1.54, 1.807) is 24.3 Å². The smallest absolute Gasteiger partial charge is 0.224 e. The molecule has 1 amide bonds. The van der Waals surface area contributed by atoms with Crippen molar-refractivity contribution >= 4 is 5.91 Å². The predicted octanol–water partition coefficient (Wildman–Crippen LogP) is 2.86. The number of nitrogens with one attached hydrogen (secondary N) is 1. The number of benzene rings is 2. The molecular weight excluding hydrogens is 316 g/mol.